The van der Waals surface area contributed by atoms with Gasteiger partial charge < -0.3 is 15.6 Å². The number of hydrogen-bond donors (Lipinski definition) is 2. The third-order valence-electron chi connectivity index (χ3n) is 3.53. The molecule has 1 aromatic carbocycles. The standard InChI is InChI=1S/C15H22N2O2/c18-15(16-14-11-17(19)12-14)10-6-2-5-9-13-7-3-1-4-8-13/h1,3-4,7-8,14,17H,2,5-6,9-12H2,(H,16,18). The highest BCUT2D eigenvalue weighted by Gasteiger charge is 2.26. The summed E-state index contributed by atoms with van der Waals surface area (Å²) in [5, 5.41) is 13.9. The molecule has 0 spiro atoms. The van der Waals surface area contributed by atoms with Crippen molar-refractivity contribution < 1.29 is 9.86 Å². The van der Waals surface area contributed by atoms with E-state index >= 15 is 0 Å². The Balaban J connectivity index is 1.49. The van der Waals surface area contributed by atoms with Gasteiger partial charge in [0, 0.05) is 6.42 Å². The summed E-state index contributed by atoms with van der Waals surface area (Å²) in [6, 6.07) is 10.5. The van der Waals surface area contributed by atoms with Gasteiger partial charge in [-0.2, -0.15) is 0 Å². The molecule has 1 amide bonds. The maximum absolute atomic E-state index is 11.6. The van der Waals surface area contributed by atoms with Crippen molar-refractivity contribution in [2.75, 3.05) is 13.1 Å². The molecule has 2 N–H and O–H groups in total. The smallest absolute Gasteiger partial charge is 0.220 e. The molecule has 2 rings (SSSR count). The lowest BCUT2D eigenvalue weighted by atomic mass is 10.1. The summed E-state index contributed by atoms with van der Waals surface area (Å²) in [5.74, 6) is 0.0946. The number of hydroxylamine groups is 2. The molecule has 19 heavy (non-hydrogen) atoms. The van der Waals surface area contributed by atoms with E-state index in [4.69, 9.17) is 0 Å². The highest BCUT2D eigenvalue weighted by molar-refractivity contribution is 5.76. The number of carbonyl (C=O) groups excluding carboxylic acids is 1. The molecule has 1 aromatic rings. The third-order valence-corrected chi connectivity index (χ3v) is 3.53. The molecule has 1 heterocycles. The topological polar surface area (TPSA) is 56.6 Å². The molecule has 0 aromatic heterocycles. The summed E-state index contributed by atoms with van der Waals surface area (Å²) in [4.78, 5) is 11.6. The Kier molecular flexibility index (Phi) is 5.36. The second-order valence-corrected chi connectivity index (χ2v) is 5.26. The number of unbranched alkanes of at least 4 members (excludes halogenated alkanes) is 2. The van der Waals surface area contributed by atoms with E-state index in [9.17, 15) is 10.0 Å². The molecule has 104 valence electrons. The van der Waals surface area contributed by atoms with Crippen molar-refractivity contribution >= 4 is 5.91 Å². The Morgan fingerprint density at radius 2 is 1.95 bits per heavy atom. The molecule has 1 aliphatic heterocycles. The van der Waals surface area contributed by atoms with Crippen LogP contribution in [0.4, 0.5) is 0 Å². The molecule has 0 saturated carbocycles. The van der Waals surface area contributed by atoms with Crippen LogP contribution in [0.3, 0.4) is 0 Å². The van der Waals surface area contributed by atoms with Crippen LogP contribution in [0.2, 0.25) is 0 Å². The maximum atomic E-state index is 11.6. The third kappa shape index (κ3) is 5.01. The van der Waals surface area contributed by atoms with Crippen LogP contribution in [-0.4, -0.2) is 25.0 Å². The van der Waals surface area contributed by atoms with E-state index in [0.29, 0.717) is 19.5 Å². The highest BCUT2D eigenvalue weighted by atomic mass is 16.5. The number of hydrogen-bond acceptors (Lipinski definition) is 2. The average molecular weight is 262 g/mol. The van der Waals surface area contributed by atoms with Crippen molar-refractivity contribution in [1.82, 2.24) is 5.32 Å². The van der Waals surface area contributed by atoms with Crippen LogP contribution in [0, 0.1) is 5.21 Å². The number of amides is 1. The molecule has 0 atom stereocenters. The first-order valence-corrected chi connectivity index (χ1v) is 7.09. The lowest BCUT2D eigenvalue weighted by Crippen LogP contribution is -3.18. The van der Waals surface area contributed by atoms with Crippen LogP contribution < -0.4 is 10.4 Å². The van der Waals surface area contributed by atoms with Crippen molar-refractivity contribution in [2.45, 2.75) is 38.1 Å². The Morgan fingerprint density at radius 1 is 1.21 bits per heavy atom. The minimum absolute atomic E-state index is 0.0946. The van der Waals surface area contributed by atoms with Crippen molar-refractivity contribution in [3.05, 3.63) is 41.1 Å². The van der Waals surface area contributed by atoms with Gasteiger partial charge in [0.1, 0.15) is 19.1 Å². The lowest BCUT2D eigenvalue weighted by molar-refractivity contribution is -0.893. The monoisotopic (exact) mass is 262 g/mol. The summed E-state index contributed by atoms with van der Waals surface area (Å²) in [5.41, 5.74) is 1.36. The van der Waals surface area contributed by atoms with Gasteiger partial charge in [-0.05, 0) is 24.8 Å². The van der Waals surface area contributed by atoms with E-state index in [2.05, 4.69) is 29.6 Å². The molecular weight excluding hydrogens is 240 g/mol. The highest BCUT2D eigenvalue weighted by Crippen LogP contribution is 2.07. The minimum atomic E-state index is 0.0946. The number of quaternary nitrogens is 1. The van der Waals surface area contributed by atoms with Crippen LogP contribution in [0.5, 0.6) is 0 Å². The molecule has 0 aliphatic carbocycles. The Labute approximate surface area is 114 Å². The fourth-order valence-corrected chi connectivity index (χ4v) is 2.33. The molecule has 1 aliphatic rings. The van der Waals surface area contributed by atoms with Crippen molar-refractivity contribution in [1.29, 1.82) is 0 Å². The van der Waals surface area contributed by atoms with Gasteiger partial charge in [-0.1, -0.05) is 36.8 Å². The minimum Gasteiger partial charge on any atom is -0.634 e. The summed E-state index contributed by atoms with van der Waals surface area (Å²) >= 11 is 0. The predicted octanol–water partition coefficient (Wildman–Crippen LogP) is 0.671. The summed E-state index contributed by atoms with van der Waals surface area (Å²) in [7, 11) is 0. The number of rotatable bonds is 7. The van der Waals surface area contributed by atoms with E-state index in [1.54, 1.807) is 0 Å². The molecular formula is C15H22N2O2. The SMILES string of the molecule is O=C(CCCCCc1ccccc1)NC1C[NH+]([O-])C1. The maximum Gasteiger partial charge on any atom is 0.220 e. The van der Waals surface area contributed by atoms with Gasteiger partial charge in [0.05, 0.1) is 0 Å². The average Bonchev–Trinajstić information content (AvgIpc) is 2.38. The van der Waals surface area contributed by atoms with E-state index in [0.717, 1.165) is 25.7 Å². The number of benzene rings is 1. The van der Waals surface area contributed by atoms with E-state index in [1.807, 2.05) is 6.07 Å². The molecule has 4 heteroatoms. The van der Waals surface area contributed by atoms with Crippen molar-refractivity contribution in [2.24, 2.45) is 0 Å². The van der Waals surface area contributed by atoms with E-state index < -0.39 is 0 Å². The zero-order valence-corrected chi connectivity index (χ0v) is 11.2. The van der Waals surface area contributed by atoms with Crippen LogP contribution in [-0.2, 0) is 11.2 Å². The largest absolute Gasteiger partial charge is 0.634 e. The van der Waals surface area contributed by atoms with Crippen molar-refractivity contribution in [3.8, 4) is 0 Å². The van der Waals surface area contributed by atoms with E-state index in [1.165, 1.54) is 5.56 Å². The second-order valence-electron chi connectivity index (χ2n) is 5.26. The molecule has 0 radical (unpaired) electrons. The van der Waals surface area contributed by atoms with Gasteiger partial charge in [0.15, 0.2) is 0 Å². The normalized spacial score (nSPS) is 21.7. The molecule has 0 bridgehead atoms. The zero-order chi connectivity index (χ0) is 13.5. The fourth-order valence-electron chi connectivity index (χ4n) is 2.33. The van der Waals surface area contributed by atoms with Gasteiger partial charge in [-0.3, -0.25) is 4.79 Å². The van der Waals surface area contributed by atoms with E-state index in [-0.39, 0.29) is 17.0 Å². The van der Waals surface area contributed by atoms with Crippen LogP contribution in [0.25, 0.3) is 0 Å². The summed E-state index contributed by atoms with van der Waals surface area (Å²) in [6.07, 6.45) is 4.80. The number of aryl methyl sites for hydroxylation is 1. The van der Waals surface area contributed by atoms with Gasteiger partial charge in [0.2, 0.25) is 5.91 Å². The van der Waals surface area contributed by atoms with Crippen molar-refractivity contribution in [3.63, 3.8) is 0 Å². The van der Waals surface area contributed by atoms with Crippen LogP contribution >= 0.6 is 0 Å². The lowest BCUT2D eigenvalue weighted by Gasteiger charge is -2.38. The van der Waals surface area contributed by atoms with Gasteiger partial charge >= 0.3 is 0 Å². The Morgan fingerprint density at radius 3 is 2.63 bits per heavy atom. The zero-order valence-electron chi connectivity index (χ0n) is 11.2. The first kappa shape index (κ1) is 14.0. The van der Waals surface area contributed by atoms with Gasteiger partial charge in [-0.25, -0.2) is 0 Å². The number of nitrogens with one attached hydrogen (secondary N) is 2. The molecule has 4 nitrogen and oxygen atoms in total. The fraction of sp³-hybridized carbons (Fsp3) is 0.533. The van der Waals surface area contributed by atoms with Gasteiger partial charge in [-0.15, -0.1) is 0 Å². The Bertz CT molecular complexity index is 388. The summed E-state index contributed by atoms with van der Waals surface area (Å²) < 4.78 is 0. The molecule has 1 fully saturated rings. The van der Waals surface area contributed by atoms with Crippen LogP contribution in [0.1, 0.15) is 31.2 Å². The second kappa shape index (κ2) is 7.26. The number of carbonyl (C=O) groups is 1. The Hall–Kier alpha value is -1.39. The summed E-state index contributed by atoms with van der Waals surface area (Å²) in [6.45, 7) is 1.06. The quantitative estimate of drug-likeness (QED) is 0.560. The first-order valence-electron chi connectivity index (χ1n) is 7.09. The molecule has 1 saturated heterocycles. The van der Waals surface area contributed by atoms with Gasteiger partial charge in [0.25, 0.3) is 0 Å². The first-order chi connectivity index (χ1) is 9.24. The predicted molar refractivity (Wildman–Crippen MR) is 74.6 cm³/mol. The van der Waals surface area contributed by atoms with Crippen LogP contribution in [0.15, 0.2) is 30.3 Å². The molecule has 0 unspecified atom stereocenters.